The molecule has 1 aromatic carbocycles. The number of fused-ring (bicyclic) bond motifs is 1. The smallest absolute Gasteiger partial charge is 0.248 e. The summed E-state index contributed by atoms with van der Waals surface area (Å²) < 4.78 is 5.53. The van der Waals surface area contributed by atoms with Crippen molar-refractivity contribution in [1.29, 1.82) is 0 Å². The van der Waals surface area contributed by atoms with Crippen LogP contribution in [0.25, 0.3) is 11.0 Å². The molecular formula is C20H22N4O3. The predicted octanol–water partition coefficient (Wildman–Crippen LogP) is 1.54. The Kier molecular flexibility index (Phi) is 5.13. The van der Waals surface area contributed by atoms with Gasteiger partial charge in [0.2, 0.25) is 5.91 Å². The lowest BCUT2D eigenvalue weighted by Gasteiger charge is -2.16. The van der Waals surface area contributed by atoms with Crippen LogP contribution in [0.5, 0.6) is 0 Å². The van der Waals surface area contributed by atoms with Crippen molar-refractivity contribution in [3.8, 4) is 0 Å². The highest BCUT2D eigenvalue weighted by Gasteiger charge is 2.34. The number of aliphatic hydroxyl groups excluding tert-OH is 1. The Balaban J connectivity index is 1.27. The zero-order chi connectivity index (χ0) is 18.6. The van der Waals surface area contributed by atoms with Gasteiger partial charge in [0.25, 0.3) is 0 Å². The summed E-state index contributed by atoms with van der Waals surface area (Å²) in [5.41, 5.74) is 2.75. The monoisotopic (exact) mass is 366 g/mol. The van der Waals surface area contributed by atoms with Gasteiger partial charge in [0.1, 0.15) is 19.0 Å². The molecule has 27 heavy (non-hydrogen) atoms. The molecule has 7 heteroatoms. The third-order valence-electron chi connectivity index (χ3n) is 4.86. The number of β-amino-alcohol motifs (C(OH)–C–C–N with tert-alkyl or cyclic N) is 1. The molecule has 1 amide bonds. The summed E-state index contributed by atoms with van der Waals surface area (Å²) in [6.07, 6.45) is 1.86. The van der Waals surface area contributed by atoms with Gasteiger partial charge in [-0.2, -0.15) is 0 Å². The lowest BCUT2D eigenvalue weighted by Crippen LogP contribution is -2.32. The number of para-hydroxylation sites is 2. The molecule has 2 N–H and O–H groups in total. The van der Waals surface area contributed by atoms with E-state index in [0.717, 1.165) is 16.7 Å². The van der Waals surface area contributed by atoms with Gasteiger partial charge in [0.05, 0.1) is 17.1 Å². The average molecular weight is 366 g/mol. The molecule has 0 aliphatic carbocycles. The Morgan fingerprint density at radius 1 is 1.22 bits per heavy atom. The summed E-state index contributed by atoms with van der Waals surface area (Å²) in [5.74, 6) is 0.575. The van der Waals surface area contributed by atoms with E-state index in [0.29, 0.717) is 25.3 Å². The Morgan fingerprint density at radius 2 is 2.07 bits per heavy atom. The summed E-state index contributed by atoms with van der Waals surface area (Å²) in [6.45, 7) is 1.07. The van der Waals surface area contributed by atoms with Crippen molar-refractivity contribution in [3.63, 3.8) is 0 Å². The number of pyridine rings is 1. The predicted molar refractivity (Wildman–Crippen MR) is 99.8 cm³/mol. The van der Waals surface area contributed by atoms with Crippen molar-refractivity contribution >= 4 is 16.9 Å². The number of hydrogen-bond donors (Lipinski definition) is 2. The molecule has 2 atom stereocenters. The van der Waals surface area contributed by atoms with E-state index in [4.69, 9.17) is 4.74 Å². The number of carbonyl (C=O) groups excluding carboxylic acids is 1. The molecule has 1 saturated heterocycles. The molecular weight excluding hydrogens is 344 g/mol. The van der Waals surface area contributed by atoms with Crippen LogP contribution in [0.2, 0.25) is 0 Å². The molecule has 3 aromatic rings. The molecule has 0 saturated carbocycles. The van der Waals surface area contributed by atoms with Crippen molar-refractivity contribution in [2.75, 3.05) is 19.7 Å². The first-order valence-electron chi connectivity index (χ1n) is 9.06. The van der Waals surface area contributed by atoms with Crippen LogP contribution in [0.15, 0.2) is 48.7 Å². The minimum Gasteiger partial charge on any atom is -0.391 e. The number of hydrogen-bond acceptors (Lipinski definition) is 5. The molecule has 0 unspecified atom stereocenters. The van der Waals surface area contributed by atoms with Crippen molar-refractivity contribution < 1.29 is 14.6 Å². The third kappa shape index (κ3) is 4.15. The van der Waals surface area contributed by atoms with Crippen molar-refractivity contribution in [3.05, 3.63) is 60.2 Å². The van der Waals surface area contributed by atoms with Crippen LogP contribution in [0.1, 0.15) is 11.5 Å². The quantitative estimate of drug-likeness (QED) is 0.690. The van der Waals surface area contributed by atoms with E-state index in [1.165, 1.54) is 0 Å². The summed E-state index contributed by atoms with van der Waals surface area (Å²) in [5, 5.41) is 10.3. The lowest BCUT2D eigenvalue weighted by molar-refractivity contribution is -0.136. The molecule has 1 aliphatic rings. The number of aliphatic hydroxyl groups is 1. The first kappa shape index (κ1) is 17.6. The Morgan fingerprint density at radius 3 is 2.89 bits per heavy atom. The zero-order valence-corrected chi connectivity index (χ0v) is 14.9. The number of rotatable bonds is 6. The fraction of sp³-hybridized carbons (Fsp3) is 0.350. The number of aromatic nitrogens is 3. The van der Waals surface area contributed by atoms with Crippen LogP contribution in [0, 0.1) is 5.92 Å². The summed E-state index contributed by atoms with van der Waals surface area (Å²) in [4.78, 5) is 26.0. The first-order valence-corrected chi connectivity index (χ1v) is 9.06. The molecule has 0 bridgehead atoms. The fourth-order valence-corrected chi connectivity index (χ4v) is 3.45. The molecule has 0 spiro atoms. The molecule has 2 aromatic heterocycles. The van der Waals surface area contributed by atoms with Crippen molar-refractivity contribution in [2.45, 2.75) is 19.1 Å². The lowest BCUT2D eigenvalue weighted by atomic mass is 10.00. The highest BCUT2D eigenvalue weighted by atomic mass is 16.5. The number of likely N-dealkylation sites (tertiary alicyclic amines) is 1. The van der Waals surface area contributed by atoms with Gasteiger partial charge in [-0.3, -0.25) is 9.78 Å². The second kappa shape index (κ2) is 7.85. The van der Waals surface area contributed by atoms with Gasteiger partial charge >= 0.3 is 0 Å². The van der Waals surface area contributed by atoms with Crippen LogP contribution in [-0.2, 0) is 22.6 Å². The maximum absolute atomic E-state index is 12.4. The standard InChI is InChI=1S/C20H22N4O3/c25-18-11-24(10-14(18)9-15-5-3-4-8-21-15)20(26)13-27-12-19-22-16-6-1-2-7-17(16)23-19/h1-8,14,18,25H,9-13H2,(H,22,23)/t14-,18-/m1/s1. The number of imidazole rings is 1. The van der Waals surface area contributed by atoms with Gasteiger partial charge in [0.15, 0.2) is 0 Å². The second-order valence-electron chi connectivity index (χ2n) is 6.84. The summed E-state index contributed by atoms with van der Waals surface area (Å²) >= 11 is 0. The third-order valence-corrected chi connectivity index (χ3v) is 4.86. The maximum atomic E-state index is 12.4. The molecule has 4 rings (SSSR count). The number of amides is 1. The Labute approximate surface area is 157 Å². The second-order valence-corrected chi connectivity index (χ2v) is 6.84. The van der Waals surface area contributed by atoms with E-state index < -0.39 is 6.10 Å². The Bertz CT molecular complexity index is 879. The normalized spacial score (nSPS) is 19.7. The van der Waals surface area contributed by atoms with Crippen molar-refractivity contribution in [2.24, 2.45) is 5.92 Å². The highest BCUT2D eigenvalue weighted by Crippen LogP contribution is 2.21. The Hall–Kier alpha value is -2.77. The number of benzene rings is 1. The number of H-pyrrole nitrogens is 1. The van der Waals surface area contributed by atoms with E-state index in [9.17, 15) is 9.90 Å². The molecule has 1 aliphatic heterocycles. The van der Waals surface area contributed by atoms with Crippen LogP contribution in [-0.4, -0.2) is 56.7 Å². The number of nitrogens with zero attached hydrogens (tertiary/aromatic N) is 3. The molecule has 140 valence electrons. The van der Waals surface area contributed by atoms with E-state index >= 15 is 0 Å². The largest absolute Gasteiger partial charge is 0.391 e. The van der Waals surface area contributed by atoms with E-state index in [-0.39, 0.29) is 25.0 Å². The summed E-state index contributed by atoms with van der Waals surface area (Å²) in [7, 11) is 0. The fourth-order valence-electron chi connectivity index (χ4n) is 3.45. The van der Waals surface area contributed by atoms with Crippen LogP contribution in [0.3, 0.4) is 0 Å². The van der Waals surface area contributed by atoms with Crippen LogP contribution >= 0.6 is 0 Å². The summed E-state index contributed by atoms with van der Waals surface area (Å²) in [6, 6.07) is 13.5. The van der Waals surface area contributed by atoms with Gasteiger partial charge < -0.3 is 19.7 Å². The van der Waals surface area contributed by atoms with Crippen LogP contribution < -0.4 is 0 Å². The maximum Gasteiger partial charge on any atom is 0.248 e. The van der Waals surface area contributed by atoms with Crippen LogP contribution in [0.4, 0.5) is 0 Å². The first-order chi connectivity index (χ1) is 13.2. The highest BCUT2D eigenvalue weighted by molar-refractivity contribution is 5.78. The number of carbonyl (C=O) groups is 1. The average Bonchev–Trinajstić information content (AvgIpc) is 3.26. The number of nitrogens with one attached hydrogen (secondary N) is 1. The molecule has 1 fully saturated rings. The van der Waals surface area contributed by atoms with E-state index in [1.807, 2.05) is 42.5 Å². The van der Waals surface area contributed by atoms with Gasteiger partial charge in [-0.1, -0.05) is 18.2 Å². The molecule has 7 nitrogen and oxygen atoms in total. The van der Waals surface area contributed by atoms with E-state index in [1.54, 1.807) is 11.1 Å². The van der Waals surface area contributed by atoms with Crippen molar-refractivity contribution in [1.82, 2.24) is 19.9 Å². The number of ether oxygens (including phenoxy) is 1. The molecule has 3 heterocycles. The molecule has 0 radical (unpaired) electrons. The number of aromatic amines is 1. The van der Waals surface area contributed by atoms with Gasteiger partial charge in [-0.15, -0.1) is 0 Å². The SMILES string of the molecule is O=C(COCc1nc2ccccc2[nH]1)N1C[C@@H](Cc2ccccn2)[C@H](O)C1. The topological polar surface area (TPSA) is 91.3 Å². The van der Waals surface area contributed by atoms with Gasteiger partial charge in [-0.05, 0) is 30.7 Å². The minimum absolute atomic E-state index is 0.000720. The zero-order valence-electron chi connectivity index (χ0n) is 14.9. The van der Waals surface area contributed by atoms with E-state index in [2.05, 4.69) is 15.0 Å². The minimum atomic E-state index is -0.536. The van der Waals surface area contributed by atoms with Gasteiger partial charge in [0, 0.05) is 30.9 Å². The van der Waals surface area contributed by atoms with Gasteiger partial charge in [-0.25, -0.2) is 4.98 Å².